The van der Waals surface area contributed by atoms with E-state index >= 15 is 0 Å². The van der Waals surface area contributed by atoms with Crippen LogP contribution in [-0.2, 0) is 28.1 Å². The Kier molecular flexibility index (Phi) is 14.3. The van der Waals surface area contributed by atoms with Gasteiger partial charge in [-0.2, -0.15) is 5.26 Å². The number of aromatic nitrogens is 6. The van der Waals surface area contributed by atoms with Crippen LogP contribution in [0.5, 0.6) is 11.5 Å². The maximum absolute atomic E-state index is 11.2. The van der Waals surface area contributed by atoms with Crippen molar-refractivity contribution in [1.82, 2.24) is 30.0 Å². The number of amides is 1. The SMILES string of the molecule is CC(=O)Nc1cc(Oc2ccc3nc(Nc4cc(C(C)(C)C)on4)n(C)c3c2)ccn1.CC(C)(C)c1cc(N)no1.CC(C)(C)c1cc(SC#N)no1.[I-]. The molecule has 0 aliphatic heterocycles. The summed E-state index contributed by atoms with van der Waals surface area (Å²) < 4.78 is 23.3. The van der Waals surface area contributed by atoms with Gasteiger partial charge in [-0.25, -0.2) is 9.97 Å². The van der Waals surface area contributed by atoms with Crippen LogP contribution in [0.25, 0.3) is 11.0 Å². The van der Waals surface area contributed by atoms with Gasteiger partial charge in [-0.3, -0.25) is 4.79 Å². The van der Waals surface area contributed by atoms with Crippen molar-refractivity contribution in [2.24, 2.45) is 7.05 Å². The van der Waals surface area contributed by atoms with Gasteiger partial charge in [0, 0.05) is 78.5 Å². The Morgan fingerprint density at radius 3 is 1.96 bits per heavy atom. The lowest BCUT2D eigenvalue weighted by Crippen LogP contribution is -3.00. The fourth-order valence-corrected chi connectivity index (χ4v) is 4.69. The van der Waals surface area contributed by atoms with Crippen molar-refractivity contribution >= 4 is 52.1 Å². The highest BCUT2D eigenvalue weighted by Gasteiger charge is 2.22. The molecule has 0 radical (unpaired) electrons. The number of nitrogens with two attached hydrogens (primary N) is 1. The molecule has 0 aliphatic carbocycles. The van der Waals surface area contributed by atoms with Crippen LogP contribution in [-0.4, -0.2) is 35.9 Å². The number of benzene rings is 1. The molecule has 6 aromatic rings. The summed E-state index contributed by atoms with van der Waals surface area (Å²) in [6, 6.07) is 14.4. The van der Waals surface area contributed by atoms with Crippen LogP contribution in [0, 0.1) is 10.7 Å². The number of halogens is 1. The predicted octanol–water partition coefficient (Wildman–Crippen LogP) is 5.85. The lowest BCUT2D eigenvalue weighted by atomic mass is 9.93. The molecule has 17 heteroatoms. The van der Waals surface area contributed by atoms with Crippen molar-refractivity contribution in [3.8, 4) is 16.9 Å². The molecule has 0 bridgehead atoms. The topological polar surface area (TPSA) is 209 Å². The van der Waals surface area contributed by atoms with Gasteiger partial charge >= 0.3 is 0 Å². The lowest BCUT2D eigenvalue weighted by Gasteiger charge is -2.12. The van der Waals surface area contributed by atoms with E-state index in [0.717, 1.165) is 40.1 Å². The standard InChI is InChI=1S/C22H24N6O3.C8H10N2OS.C7H12N2O.HI/c1-13(29)24-19-11-15(8-9-23-19)30-14-6-7-16-17(10-14)28(5)21(25-16)26-20-12-18(31-27-20)22(2,3)4;1-8(2,3)6-4-7(10-11-6)12-5-9;1-7(2,3)5-4-6(8)9-10-5;/h6-12H,1-5H3,(H,23,24,29)(H,25,26,27);4H,1-3H3;4H,1-3H3,(H2,8,9);1H/p-1. The van der Waals surface area contributed by atoms with E-state index in [9.17, 15) is 4.79 Å². The van der Waals surface area contributed by atoms with E-state index < -0.39 is 0 Å². The minimum absolute atomic E-state index is 0. The summed E-state index contributed by atoms with van der Waals surface area (Å²) in [7, 11) is 1.91. The van der Waals surface area contributed by atoms with E-state index in [1.807, 2.05) is 82.8 Å². The second-order valence-corrected chi connectivity index (χ2v) is 15.9. The van der Waals surface area contributed by atoms with Crippen LogP contribution in [0.1, 0.15) is 86.5 Å². The molecule has 1 amide bonds. The van der Waals surface area contributed by atoms with E-state index in [1.54, 1.807) is 30.5 Å². The fraction of sp³-hybridized carbons (Fsp3) is 0.378. The van der Waals surface area contributed by atoms with Crippen LogP contribution < -0.4 is 45.1 Å². The third kappa shape index (κ3) is 12.2. The zero-order valence-electron chi connectivity index (χ0n) is 32.2. The highest BCUT2D eigenvalue weighted by molar-refractivity contribution is 8.03. The summed E-state index contributed by atoms with van der Waals surface area (Å²) in [4.78, 5) is 20.0. The van der Waals surface area contributed by atoms with Gasteiger partial charge in [0.15, 0.2) is 16.7 Å². The number of carbonyl (C=O) groups excluding carboxylic acids is 1. The van der Waals surface area contributed by atoms with E-state index in [0.29, 0.717) is 39.9 Å². The number of ether oxygens (including phenoxy) is 1. The number of nitrogens with zero attached hydrogens (tertiary/aromatic N) is 7. The van der Waals surface area contributed by atoms with E-state index in [1.165, 1.54) is 6.92 Å². The predicted molar refractivity (Wildman–Crippen MR) is 204 cm³/mol. The van der Waals surface area contributed by atoms with Crippen molar-refractivity contribution in [2.45, 2.75) is 90.5 Å². The summed E-state index contributed by atoms with van der Waals surface area (Å²) in [5.74, 6) is 5.55. The summed E-state index contributed by atoms with van der Waals surface area (Å²) >= 11 is 1.01. The maximum atomic E-state index is 11.2. The first-order chi connectivity index (χ1) is 24.7. The normalized spacial score (nSPS) is 11.3. The second-order valence-electron chi connectivity index (χ2n) is 15.1. The Labute approximate surface area is 335 Å². The number of fused-ring (bicyclic) bond motifs is 1. The first kappa shape index (κ1) is 43.3. The molecule has 0 unspecified atom stereocenters. The number of carbonyl (C=O) groups is 1. The number of anilines is 4. The van der Waals surface area contributed by atoms with Gasteiger partial charge in [0.25, 0.3) is 0 Å². The van der Waals surface area contributed by atoms with Crippen LogP contribution in [0.2, 0.25) is 0 Å². The van der Waals surface area contributed by atoms with Crippen molar-refractivity contribution in [3.63, 3.8) is 0 Å². The molecule has 0 saturated carbocycles. The molecule has 0 spiro atoms. The molecule has 54 heavy (non-hydrogen) atoms. The van der Waals surface area contributed by atoms with Crippen LogP contribution >= 0.6 is 11.8 Å². The van der Waals surface area contributed by atoms with Crippen LogP contribution in [0.4, 0.5) is 23.4 Å². The molecule has 288 valence electrons. The van der Waals surface area contributed by atoms with Gasteiger partial charge in [-0.1, -0.05) is 77.8 Å². The van der Waals surface area contributed by atoms with E-state index in [-0.39, 0.29) is 46.1 Å². The van der Waals surface area contributed by atoms with E-state index in [2.05, 4.69) is 56.8 Å². The Balaban J connectivity index is 0.000000279. The zero-order chi connectivity index (χ0) is 39.1. The number of hydrogen-bond donors (Lipinski definition) is 3. The molecule has 5 heterocycles. The molecule has 0 atom stereocenters. The summed E-state index contributed by atoms with van der Waals surface area (Å²) in [6.07, 6.45) is 1.58. The smallest absolute Gasteiger partial charge is 0.222 e. The molecule has 4 N–H and O–H groups in total. The van der Waals surface area contributed by atoms with Crippen molar-refractivity contribution in [1.29, 1.82) is 5.26 Å². The number of nitrogen functional groups attached to an aromatic ring is 1. The Bertz CT molecular complexity index is 2200. The molecular weight excluding hydrogens is 823 g/mol. The molecule has 0 saturated heterocycles. The van der Waals surface area contributed by atoms with Gasteiger partial charge in [0.1, 0.15) is 40.0 Å². The summed E-state index contributed by atoms with van der Waals surface area (Å²) in [6.45, 7) is 19.9. The fourth-order valence-electron chi connectivity index (χ4n) is 4.36. The zero-order valence-corrected chi connectivity index (χ0v) is 35.2. The highest BCUT2D eigenvalue weighted by Crippen LogP contribution is 2.31. The Morgan fingerprint density at radius 2 is 1.43 bits per heavy atom. The molecule has 6 rings (SSSR count). The van der Waals surface area contributed by atoms with Crippen LogP contribution in [0.3, 0.4) is 0 Å². The number of imidazole rings is 1. The minimum Gasteiger partial charge on any atom is -1.00 e. The number of pyridine rings is 1. The van der Waals surface area contributed by atoms with Gasteiger partial charge < -0.3 is 63.2 Å². The summed E-state index contributed by atoms with van der Waals surface area (Å²) in [5, 5.41) is 28.2. The number of nitrogens with one attached hydrogen (secondary N) is 2. The third-order valence-electron chi connectivity index (χ3n) is 7.26. The molecular formula is C37H46IN10O5S-. The first-order valence-corrected chi connectivity index (χ1v) is 17.4. The maximum Gasteiger partial charge on any atom is 0.222 e. The van der Waals surface area contributed by atoms with Crippen molar-refractivity contribution in [3.05, 3.63) is 72.0 Å². The van der Waals surface area contributed by atoms with Crippen LogP contribution in [0.15, 0.2) is 73.3 Å². The Hall–Kier alpha value is -5.09. The van der Waals surface area contributed by atoms with E-state index in [4.69, 9.17) is 29.3 Å². The molecule has 5 aromatic heterocycles. The molecule has 0 fully saturated rings. The van der Waals surface area contributed by atoms with Gasteiger partial charge in [0.05, 0.1) is 11.0 Å². The highest BCUT2D eigenvalue weighted by atomic mass is 127. The number of nitriles is 1. The number of aryl methyl sites for hydroxylation is 1. The molecule has 1 aromatic carbocycles. The minimum atomic E-state index is -0.192. The van der Waals surface area contributed by atoms with Gasteiger partial charge in [-0.15, -0.1) is 0 Å². The number of thioether (sulfide) groups is 1. The van der Waals surface area contributed by atoms with Crippen molar-refractivity contribution in [2.75, 3.05) is 16.4 Å². The number of rotatable bonds is 6. The quantitative estimate of drug-likeness (QED) is 0.102. The average molecular weight is 870 g/mol. The summed E-state index contributed by atoms with van der Waals surface area (Å²) in [5.41, 5.74) is 6.90. The monoisotopic (exact) mass is 869 g/mol. The first-order valence-electron chi connectivity index (χ1n) is 16.6. The number of hydrogen-bond acceptors (Lipinski definition) is 14. The molecule has 0 aliphatic rings. The molecule has 15 nitrogen and oxygen atoms in total. The Morgan fingerprint density at radius 1 is 0.833 bits per heavy atom. The van der Waals surface area contributed by atoms with Gasteiger partial charge in [-0.05, 0) is 18.2 Å². The average Bonchev–Trinajstić information content (AvgIpc) is 3.86. The second kappa shape index (κ2) is 17.8. The largest absolute Gasteiger partial charge is 1.00 e. The lowest BCUT2D eigenvalue weighted by molar-refractivity contribution is -0.114. The van der Waals surface area contributed by atoms with Gasteiger partial charge in [0.2, 0.25) is 11.9 Å². The number of thiocyanates is 1. The van der Waals surface area contributed by atoms with Crippen molar-refractivity contribution < 1.29 is 47.1 Å². The third-order valence-corrected chi connectivity index (χ3v) is 7.75.